The van der Waals surface area contributed by atoms with Crippen LogP contribution in [0.2, 0.25) is 0 Å². The van der Waals surface area contributed by atoms with Crippen molar-refractivity contribution in [2.75, 3.05) is 14.2 Å². The molecule has 0 radical (unpaired) electrons. The Morgan fingerprint density at radius 2 is 1.76 bits per heavy atom. The number of H-pyrrole nitrogens is 1. The van der Waals surface area contributed by atoms with E-state index in [1.807, 2.05) is 0 Å². The summed E-state index contributed by atoms with van der Waals surface area (Å²) < 4.78 is 10.3. The molecule has 0 fully saturated rings. The van der Waals surface area contributed by atoms with E-state index in [-0.39, 0.29) is 5.56 Å². The maximum atomic E-state index is 11.6. The van der Waals surface area contributed by atoms with Gasteiger partial charge in [-0.1, -0.05) is 0 Å². The van der Waals surface area contributed by atoms with Crippen LogP contribution in [0.1, 0.15) is 0 Å². The lowest BCUT2D eigenvalue weighted by molar-refractivity contribution is 0.394. The van der Waals surface area contributed by atoms with Crippen molar-refractivity contribution in [3.63, 3.8) is 0 Å². The van der Waals surface area contributed by atoms with Crippen LogP contribution in [-0.4, -0.2) is 24.2 Å². The molecule has 0 saturated carbocycles. The van der Waals surface area contributed by atoms with E-state index in [1.54, 1.807) is 32.4 Å². The molecule has 2 rings (SSSR count). The van der Waals surface area contributed by atoms with Crippen LogP contribution in [0.4, 0.5) is 0 Å². The smallest absolute Gasteiger partial charge is 0.274 e. The molecule has 0 unspecified atom stereocenters. The van der Waals surface area contributed by atoms with Crippen molar-refractivity contribution in [2.45, 2.75) is 0 Å². The van der Waals surface area contributed by atoms with Gasteiger partial charge in [0.25, 0.3) is 5.56 Å². The van der Waals surface area contributed by atoms with Crippen LogP contribution in [0.25, 0.3) is 11.3 Å². The number of rotatable bonds is 3. The average molecular weight is 232 g/mol. The molecule has 5 nitrogen and oxygen atoms in total. The zero-order valence-corrected chi connectivity index (χ0v) is 9.56. The van der Waals surface area contributed by atoms with Gasteiger partial charge in [-0.2, -0.15) is 0 Å². The summed E-state index contributed by atoms with van der Waals surface area (Å²) >= 11 is 0. The molecule has 0 atom stereocenters. The fourth-order valence-electron chi connectivity index (χ4n) is 1.50. The predicted octanol–water partition coefficient (Wildman–Crippen LogP) is 1.45. The normalized spacial score (nSPS) is 10.0. The first-order valence-corrected chi connectivity index (χ1v) is 5.01. The first-order valence-electron chi connectivity index (χ1n) is 5.01. The highest BCUT2D eigenvalue weighted by Crippen LogP contribution is 2.26. The van der Waals surface area contributed by atoms with Gasteiger partial charge in [-0.25, -0.2) is 4.98 Å². The largest absolute Gasteiger partial charge is 0.497 e. The lowest BCUT2D eigenvalue weighted by atomic mass is 10.1. The second-order valence-electron chi connectivity index (χ2n) is 3.37. The molecule has 2 aromatic rings. The molecule has 1 aromatic carbocycles. The van der Waals surface area contributed by atoms with E-state index >= 15 is 0 Å². The fourth-order valence-corrected chi connectivity index (χ4v) is 1.50. The topological polar surface area (TPSA) is 64.2 Å². The minimum atomic E-state index is -0.247. The lowest BCUT2D eigenvalue weighted by Gasteiger charge is -2.07. The molecule has 0 bridgehead atoms. The van der Waals surface area contributed by atoms with Crippen LogP contribution < -0.4 is 15.0 Å². The highest BCUT2D eigenvalue weighted by molar-refractivity contribution is 5.62. The summed E-state index contributed by atoms with van der Waals surface area (Å²) in [5, 5.41) is 0. The Hall–Kier alpha value is -2.30. The van der Waals surface area contributed by atoms with Crippen LogP contribution in [0.15, 0.2) is 35.4 Å². The van der Waals surface area contributed by atoms with E-state index in [4.69, 9.17) is 9.47 Å². The van der Waals surface area contributed by atoms with Gasteiger partial charge in [0.05, 0.1) is 14.2 Å². The lowest BCUT2D eigenvalue weighted by Crippen LogP contribution is -2.09. The third-order valence-electron chi connectivity index (χ3n) is 2.33. The molecule has 0 aliphatic carbocycles. The van der Waals surface area contributed by atoms with Gasteiger partial charge in [-0.15, -0.1) is 0 Å². The maximum Gasteiger partial charge on any atom is 0.274 e. The number of aromatic nitrogens is 2. The molecule has 1 aromatic heterocycles. The zero-order chi connectivity index (χ0) is 12.3. The second-order valence-corrected chi connectivity index (χ2v) is 3.37. The Balaban J connectivity index is 2.59. The molecule has 5 heteroatoms. The standard InChI is InChI=1S/C12H12N2O3/c1-16-9-5-8(6-10(7-9)17-2)11-12(15)14-4-3-13-11/h3-7H,1-2H3,(H,14,15). The molecular formula is C12H12N2O3. The Morgan fingerprint density at radius 3 is 2.29 bits per heavy atom. The summed E-state index contributed by atoms with van der Waals surface area (Å²) in [5.41, 5.74) is 0.746. The van der Waals surface area contributed by atoms with Crippen molar-refractivity contribution in [1.29, 1.82) is 0 Å². The first-order chi connectivity index (χ1) is 8.24. The van der Waals surface area contributed by atoms with Gasteiger partial charge >= 0.3 is 0 Å². The summed E-state index contributed by atoms with van der Waals surface area (Å²) in [6.45, 7) is 0. The number of hydrogen-bond acceptors (Lipinski definition) is 4. The summed E-state index contributed by atoms with van der Waals surface area (Å²) in [7, 11) is 3.11. The number of benzene rings is 1. The van der Waals surface area contributed by atoms with Gasteiger partial charge in [0.1, 0.15) is 17.2 Å². The minimum absolute atomic E-state index is 0.247. The number of nitrogens with one attached hydrogen (secondary N) is 1. The van der Waals surface area contributed by atoms with Crippen LogP contribution in [-0.2, 0) is 0 Å². The maximum absolute atomic E-state index is 11.6. The highest BCUT2D eigenvalue weighted by atomic mass is 16.5. The monoisotopic (exact) mass is 232 g/mol. The van der Waals surface area contributed by atoms with Crippen LogP contribution in [0, 0.1) is 0 Å². The molecule has 17 heavy (non-hydrogen) atoms. The van der Waals surface area contributed by atoms with E-state index in [2.05, 4.69) is 9.97 Å². The van der Waals surface area contributed by atoms with Gasteiger partial charge in [0.2, 0.25) is 0 Å². The third-order valence-corrected chi connectivity index (χ3v) is 2.33. The van der Waals surface area contributed by atoms with Gasteiger partial charge in [0.15, 0.2) is 0 Å². The predicted molar refractivity (Wildman–Crippen MR) is 63.4 cm³/mol. The van der Waals surface area contributed by atoms with Crippen LogP contribution >= 0.6 is 0 Å². The molecule has 1 heterocycles. The van der Waals surface area contributed by atoms with E-state index < -0.39 is 0 Å². The third kappa shape index (κ3) is 2.28. The minimum Gasteiger partial charge on any atom is -0.497 e. The number of hydrogen-bond donors (Lipinski definition) is 1. The van der Waals surface area contributed by atoms with Crippen molar-refractivity contribution in [3.05, 3.63) is 40.9 Å². The Labute approximate surface area is 98.0 Å². The summed E-state index contributed by atoms with van der Waals surface area (Å²) in [4.78, 5) is 18.2. The Bertz CT molecular complexity index is 556. The van der Waals surface area contributed by atoms with Gasteiger partial charge in [-0.05, 0) is 12.1 Å². The first kappa shape index (κ1) is 11.2. The molecule has 0 amide bonds. The van der Waals surface area contributed by atoms with Gasteiger partial charge in [0, 0.05) is 24.0 Å². The van der Waals surface area contributed by atoms with Crippen molar-refractivity contribution < 1.29 is 9.47 Å². The van der Waals surface area contributed by atoms with Crippen molar-refractivity contribution in [3.8, 4) is 22.8 Å². The summed E-state index contributed by atoms with van der Waals surface area (Å²) in [5.74, 6) is 1.23. The Kier molecular flexibility index (Phi) is 3.09. The number of ether oxygens (including phenoxy) is 2. The number of nitrogens with zero attached hydrogens (tertiary/aromatic N) is 1. The molecule has 0 aliphatic heterocycles. The molecule has 1 N–H and O–H groups in total. The zero-order valence-electron chi connectivity index (χ0n) is 9.56. The average Bonchev–Trinajstić information content (AvgIpc) is 2.38. The summed E-state index contributed by atoms with van der Waals surface area (Å²) in [6.07, 6.45) is 3.02. The fraction of sp³-hybridized carbons (Fsp3) is 0.167. The van der Waals surface area contributed by atoms with Gasteiger partial charge < -0.3 is 14.5 Å². The SMILES string of the molecule is COc1cc(OC)cc(-c2ncc[nH]c2=O)c1. The molecule has 0 saturated heterocycles. The van der Waals surface area contributed by atoms with Crippen LogP contribution in [0.3, 0.4) is 0 Å². The molecule has 88 valence electrons. The second kappa shape index (κ2) is 4.69. The van der Waals surface area contributed by atoms with Crippen molar-refractivity contribution in [2.24, 2.45) is 0 Å². The summed E-state index contributed by atoms with van der Waals surface area (Å²) in [6, 6.07) is 5.21. The van der Waals surface area contributed by atoms with E-state index in [0.717, 1.165) is 0 Å². The van der Waals surface area contributed by atoms with Crippen LogP contribution in [0.5, 0.6) is 11.5 Å². The highest BCUT2D eigenvalue weighted by Gasteiger charge is 2.08. The van der Waals surface area contributed by atoms with E-state index in [0.29, 0.717) is 22.8 Å². The van der Waals surface area contributed by atoms with Crippen molar-refractivity contribution >= 4 is 0 Å². The van der Waals surface area contributed by atoms with Crippen molar-refractivity contribution in [1.82, 2.24) is 9.97 Å². The molecular weight excluding hydrogens is 220 g/mol. The van der Waals surface area contributed by atoms with E-state index in [9.17, 15) is 4.79 Å². The quantitative estimate of drug-likeness (QED) is 0.870. The Morgan fingerprint density at radius 1 is 1.12 bits per heavy atom. The molecule has 0 aliphatic rings. The number of aromatic amines is 1. The van der Waals surface area contributed by atoms with E-state index in [1.165, 1.54) is 12.4 Å². The molecule has 0 spiro atoms. The number of methoxy groups -OCH3 is 2. The van der Waals surface area contributed by atoms with Gasteiger partial charge in [-0.3, -0.25) is 4.79 Å².